The summed E-state index contributed by atoms with van der Waals surface area (Å²) in [6, 6.07) is 0. The Morgan fingerprint density at radius 1 is 0.600 bits per heavy atom. The van der Waals surface area contributed by atoms with Crippen LogP contribution >= 0.6 is 0 Å². The van der Waals surface area contributed by atoms with Crippen molar-refractivity contribution in [3.05, 3.63) is 0 Å². The third-order valence-electron chi connectivity index (χ3n) is 4.05. The number of unbranched alkanes of at least 4 members (excludes halogenated alkanes) is 9. The molecule has 2 unspecified atom stereocenters. The predicted molar refractivity (Wildman–Crippen MR) is 88.0 cm³/mol. The van der Waals surface area contributed by atoms with Crippen LogP contribution in [-0.4, -0.2) is 22.4 Å². The summed E-state index contributed by atoms with van der Waals surface area (Å²) in [6.45, 7) is 4.09. The van der Waals surface area contributed by atoms with E-state index in [-0.39, 0.29) is 12.2 Å². The lowest BCUT2D eigenvalue weighted by molar-refractivity contribution is 0.141. The van der Waals surface area contributed by atoms with E-state index < -0.39 is 0 Å². The fourth-order valence-corrected chi connectivity index (χ4v) is 2.65. The molecule has 2 N–H and O–H groups in total. The van der Waals surface area contributed by atoms with Crippen LogP contribution < -0.4 is 0 Å². The van der Waals surface area contributed by atoms with E-state index in [0.29, 0.717) is 0 Å². The van der Waals surface area contributed by atoms with Crippen molar-refractivity contribution < 1.29 is 10.2 Å². The van der Waals surface area contributed by atoms with E-state index in [1.165, 1.54) is 57.8 Å². The van der Waals surface area contributed by atoms with E-state index in [4.69, 9.17) is 5.11 Å². The van der Waals surface area contributed by atoms with Gasteiger partial charge in [-0.3, -0.25) is 0 Å². The van der Waals surface area contributed by atoms with Gasteiger partial charge in [-0.1, -0.05) is 77.6 Å². The quantitative estimate of drug-likeness (QED) is 0.406. The molecule has 2 atom stereocenters. The monoisotopic (exact) mass is 286 g/mol. The maximum absolute atomic E-state index is 9.85. The Morgan fingerprint density at radius 2 is 1.00 bits per heavy atom. The molecule has 2 nitrogen and oxygen atoms in total. The molecule has 0 aliphatic carbocycles. The standard InChI is InChI=1S/C18H38O2/c1-3-4-5-6-7-8-9-10-11-15-18(20)16-13-12-14-17(2)19/h17-20H,3-16H2,1-2H3. The number of aliphatic hydroxyl groups excluding tert-OH is 2. The van der Waals surface area contributed by atoms with Crippen molar-refractivity contribution in [3.8, 4) is 0 Å². The Labute approximate surface area is 127 Å². The molecule has 122 valence electrons. The van der Waals surface area contributed by atoms with Crippen molar-refractivity contribution in [2.75, 3.05) is 0 Å². The zero-order valence-electron chi connectivity index (χ0n) is 13.9. The SMILES string of the molecule is CCCCCCCCCCCC(O)CCCCC(C)O. The summed E-state index contributed by atoms with van der Waals surface area (Å²) in [5.74, 6) is 0. The third kappa shape index (κ3) is 16.0. The van der Waals surface area contributed by atoms with Crippen LogP contribution in [0.3, 0.4) is 0 Å². The van der Waals surface area contributed by atoms with E-state index in [2.05, 4.69) is 6.92 Å². The van der Waals surface area contributed by atoms with Gasteiger partial charge in [0.2, 0.25) is 0 Å². The first-order valence-electron chi connectivity index (χ1n) is 9.03. The van der Waals surface area contributed by atoms with Crippen LogP contribution in [0.2, 0.25) is 0 Å². The molecule has 0 aromatic rings. The van der Waals surface area contributed by atoms with Gasteiger partial charge < -0.3 is 10.2 Å². The van der Waals surface area contributed by atoms with Crippen LogP contribution in [0.4, 0.5) is 0 Å². The lowest BCUT2D eigenvalue weighted by atomic mass is 10.0. The van der Waals surface area contributed by atoms with Gasteiger partial charge in [0.05, 0.1) is 12.2 Å². The summed E-state index contributed by atoms with van der Waals surface area (Å²) in [7, 11) is 0. The predicted octanol–water partition coefficient (Wildman–Crippen LogP) is 5.21. The lowest BCUT2D eigenvalue weighted by Crippen LogP contribution is -2.07. The first kappa shape index (κ1) is 19.9. The van der Waals surface area contributed by atoms with Crippen molar-refractivity contribution in [2.24, 2.45) is 0 Å². The van der Waals surface area contributed by atoms with Gasteiger partial charge in [-0.05, 0) is 26.2 Å². The second-order valence-corrected chi connectivity index (χ2v) is 6.40. The zero-order valence-corrected chi connectivity index (χ0v) is 13.9. The summed E-state index contributed by atoms with van der Waals surface area (Å²) in [6.07, 6.45) is 16.6. The highest BCUT2D eigenvalue weighted by molar-refractivity contribution is 4.58. The summed E-state index contributed by atoms with van der Waals surface area (Å²) in [5.41, 5.74) is 0. The second kappa shape index (κ2) is 15.3. The molecule has 0 amide bonds. The average molecular weight is 286 g/mol. The normalized spacial score (nSPS) is 14.4. The molecule has 0 saturated carbocycles. The molecular formula is C18H38O2. The van der Waals surface area contributed by atoms with Crippen molar-refractivity contribution in [2.45, 2.75) is 116 Å². The maximum atomic E-state index is 9.85. The Kier molecular flexibility index (Phi) is 15.3. The fraction of sp³-hybridized carbons (Fsp3) is 1.00. The number of hydrogen-bond donors (Lipinski definition) is 2. The molecule has 20 heavy (non-hydrogen) atoms. The third-order valence-corrected chi connectivity index (χ3v) is 4.05. The molecule has 0 rings (SSSR count). The summed E-state index contributed by atoms with van der Waals surface area (Å²) >= 11 is 0. The van der Waals surface area contributed by atoms with Gasteiger partial charge in [0.1, 0.15) is 0 Å². The Balaban J connectivity index is 3.13. The zero-order chi connectivity index (χ0) is 15.1. The topological polar surface area (TPSA) is 40.5 Å². The van der Waals surface area contributed by atoms with Crippen LogP contribution in [0, 0.1) is 0 Å². The Morgan fingerprint density at radius 3 is 1.50 bits per heavy atom. The molecule has 0 saturated heterocycles. The highest BCUT2D eigenvalue weighted by Gasteiger charge is 2.04. The highest BCUT2D eigenvalue weighted by Crippen LogP contribution is 2.14. The minimum Gasteiger partial charge on any atom is -0.393 e. The molecule has 0 spiro atoms. The van der Waals surface area contributed by atoms with Gasteiger partial charge in [0.25, 0.3) is 0 Å². The minimum atomic E-state index is -0.190. The van der Waals surface area contributed by atoms with E-state index >= 15 is 0 Å². The fourth-order valence-electron chi connectivity index (χ4n) is 2.65. The average Bonchev–Trinajstić information content (AvgIpc) is 2.41. The van der Waals surface area contributed by atoms with Gasteiger partial charge in [-0.2, -0.15) is 0 Å². The molecule has 0 radical (unpaired) electrons. The molecule has 0 heterocycles. The largest absolute Gasteiger partial charge is 0.393 e. The van der Waals surface area contributed by atoms with Crippen LogP contribution in [0.15, 0.2) is 0 Å². The first-order chi connectivity index (χ1) is 9.66. The van der Waals surface area contributed by atoms with Gasteiger partial charge >= 0.3 is 0 Å². The Hall–Kier alpha value is -0.0800. The van der Waals surface area contributed by atoms with Crippen LogP contribution in [0.5, 0.6) is 0 Å². The van der Waals surface area contributed by atoms with E-state index in [0.717, 1.165) is 32.1 Å². The van der Waals surface area contributed by atoms with Crippen LogP contribution in [0.1, 0.15) is 104 Å². The highest BCUT2D eigenvalue weighted by atomic mass is 16.3. The number of rotatable bonds is 15. The van der Waals surface area contributed by atoms with Gasteiger partial charge in [0.15, 0.2) is 0 Å². The molecule has 0 aliphatic rings. The number of hydrogen-bond acceptors (Lipinski definition) is 2. The molecule has 0 aliphatic heterocycles. The molecule has 0 aromatic carbocycles. The maximum Gasteiger partial charge on any atom is 0.0540 e. The van der Waals surface area contributed by atoms with Crippen molar-refractivity contribution in [1.29, 1.82) is 0 Å². The van der Waals surface area contributed by atoms with Gasteiger partial charge in [-0.15, -0.1) is 0 Å². The molecule has 0 fully saturated rings. The molecule has 2 heteroatoms. The Bertz CT molecular complexity index is 180. The summed E-state index contributed by atoms with van der Waals surface area (Å²) in [4.78, 5) is 0. The molecule has 0 aromatic heterocycles. The lowest BCUT2D eigenvalue weighted by Gasteiger charge is -2.10. The second-order valence-electron chi connectivity index (χ2n) is 6.40. The van der Waals surface area contributed by atoms with Gasteiger partial charge in [-0.25, -0.2) is 0 Å². The van der Waals surface area contributed by atoms with E-state index in [1.54, 1.807) is 0 Å². The van der Waals surface area contributed by atoms with Crippen molar-refractivity contribution in [3.63, 3.8) is 0 Å². The van der Waals surface area contributed by atoms with Gasteiger partial charge in [0, 0.05) is 0 Å². The minimum absolute atomic E-state index is 0.117. The van der Waals surface area contributed by atoms with Crippen molar-refractivity contribution >= 4 is 0 Å². The van der Waals surface area contributed by atoms with Crippen LogP contribution in [-0.2, 0) is 0 Å². The van der Waals surface area contributed by atoms with Crippen molar-refractivity contribution in [1.82, 2.24) is 0 Å². The summed E-state index contributed by atoms with van der Waals surface area (Å²) < 4.78 is 0. The smallest absolute Gasteiger partial charge is 0.0540 e. The van der Waals surface area contributed by atoms with E-state index in [9.17, 15) is 5.11 Å². The number of aliphatic hydroxyl groups is 2. The summed E-state index contributed by atoms with van der Waals surface area (Å²) in [5, 5.41) is 19.0. The molecule has 0 bridgehead atoms. The van der Waals surface area contributed by atoms with E-state index in [1.807, 2.05) is 6.92 Å². The first-order valence-corrected chi connectivity index (χ1v) is 9.03. The van der Waals surface area contributed by atoms with Crippen LogP contribution in [0.25, 0.3) is 0 Å². The molecular weight excluding hydrogens is 248 g/mol.